The zero-order chi connectivity index (χ0) is 65.0. The van der Waals surface area contributed by atoms with Crippen molar-refractivity contribution in [2.45, 2.75) is 25.7 Å². The first-order valence-electron chi connectivity index (χ1n) is 23.4. The Hall–Kier alpha value is -8.04. The van der Waals surface area contributed by atoms with Crippen molar-refractivity contribution >= 4 is 132 Å². The van der Waals surface area contributed by atoms with Crippen LogP contribution in [0.25, 0.3) is 48.6 Å². The molecule has 88 heavy (non-hydrogen) atoms. The number of benzene rings is 6. The number of rotatable bonds is 24. The van der Waals surface area contributed by atoms with E-state index in [-0.39, 0.29) is 47.9 Å². The van der Waals surface area contributed by atoms with Gasteiger partial charge in [0.2, 0.25) is 0 Å². The maximum Gasteiger partial charge on any atom is 0.446 e. The molecule has 0 unspecified atom stereocenters. The lowest BCUT2D eigenvalue weighted by Gasteiger charge is -2.19. The second kappa shape index (κ2) is 26.0. The second-order valence-electron chi connectivity index (χ2n) is 17.9. The van der Waals surface area contributed by atoms with Crippen molar-refractivity contribution < 1.29 is 137 Å². The van der Waals surface area contributed by atoms with E-state index in [0.29, 0.717) is 68.8 Å². The molecule has 4 aliphatic rings. The van der Waals surface area contributed by atoms with E-state index in [4.69, 9.17) is 0 Å². The molecule has 8 N–H and O–H groups in total. The molecule has 472 valence electrons. The minimum absolute atomic E-state index is 0.00737. The van der Waals surface area contributed by atoms with Gasteiger partial charge < -0.3 is 33.5 Å². The van der Waals surface area contributed by atoms with Crippen LogP contribution in [0, 0.1) is 0 Å². The molecule has 40 heteroatoms. The Labute approximate surface area is 501 Å². The Kier molecular flexibility index (Phi) is 19.9. The standard InChI is InChI=1S/C48H40O32S8/c49-81(50,51)73-41-13-29(14-42(25-41)74-82(52,53)54)1-5-33-21-38-11-12-40-24-35(7-3-31-17-45(77-85(61,62)63)27-46(18-31)78-86(64,65)66)39(23-36(40)8-4-32-19-47(79-87(67,68)69)28-48(20-32)80-88(70,71)72)10-9-37(33)22-34(38)6-2-30-15-43(75-83(55,56)57)26-44(16-30)76-84(58,59)60/h1-8,13-28H,9-12H2,(H,49,50,51)(H,52,53,54)(H,55,56,57)(H,58,59,60)(H,61,62,63)(H,64,65,66)(H,67,68,69)(H,70,71,72)/b5-1+,6-2+,7-3+,8-4+. The van der Waals surface area contributed by atoms with E-state index in [1.807, 2.05) is 0 Å². The van der Waals surface area contributed by atoms with Crippen molar-refractivity contribution in [3.63, 3.8) is 0 Å². The van der Waals surface area contributed by atoms with Crippen molar-refractivity contribution in [2.75, 3.05) is 0 Å². The van der Waals surface area contributed by atoms with Gasteiger partial charge in [-0.2, -0.15) is 67.3 Å². The smallest absolute Gasteiger partial charge is 0.362 e. The van der Waals surface area contributed by atoms with Gasteiger partial charge in [0, 0.05) is 24.3 Å². The Morgan fingerprint density at radius 2 is 0.352 bits per heavy atom. The first-order valence-corrected chi connectivity index (χ1v) is 34.3. The van der Waals surface area contributed by atoms with Crippen LogP contribution in [0.5, 0.6) is 46.0 Å². The summed E-state index contributed by atoms with van der Waals surface area (Å²) in [5.41, 5.74) is 2.98. The van der Waals surface area contributed by atoms with E-state index in [9.17, 15) is 104 Å². The minimum atomic E-state index is -5.23. The van der Waals surface area contributed by atoms with Gasteiger partial charge in [0.05, 0.1) is 0 Å². The van der Waals surface area contributed by atoms with Crippen LogP contribution in [-0.2, 0) is 109 Å². The molecule has 0 saturated heterocycles. The molecule has 6 aromatic carbocycles. The van der Waals surface area contributed by atoms with Gasteiger partial charge in [-0.3, -0.25) is 36.4 Å². The van der Waals surface area contributed by atoms with Crippen LogP contribution >= 0.6 is 0 Å². The fourth-order valence-electron chi connectivity index (χ4n) is 8.34. The molecule has 0 spiro atoms. The van der Waals surface area contributed by atoms with Crippen LogP contribution in [0.1, 0.15) is 66.8 Å². The molecule has 0 amide bonds. The zero-order valence-electron chi connectivity index (χ0n) is 43.3. The quantitative estimate of drug-likeness (QED) is 0.0266. The van der Waals surface area contributed by atoms with Gasteiger partial charge in [0.15, 0.2) is 0 Å². The molecule has 0 aromatic heterocycles. The highest BCUT2D eigenvalue weighted by Gasteiger charge is 2.21. The largest absolute Gasteiger partial charge is 0.446 e. The summed E-state index contributed by atoms with van der Waals surface area (Å²) in [7, 11) is -41.9. The van der Waals surface area contributed by atoms with Crippen LogP contribution in [0.15, 0.2) is 97.1 Å². The molecule has 4 aliphatic carbocycles. The van der Waals surface area contributed by atoms with Crippen LogP contribution in [-0.4, -0.2) is 104 Å². The summed E-state index contributed by atoms with van der Waals surface area (Å²) in [6.45, 7) is 0. The fraction of sp³-hybridized carbons (Fsp3) is 0.0833. The molecule has 0 radical (unpaired) electrons. The normalized spacial score (nSPS) is 13.8. The van der Waals surface area contributed by atoms with Gasteiger partial charge in [0.1, 0.15) is 46.0 Å². The Morgan fingerprint density at radius 3 is 0.477 bits per heavy atom. The van der Waals surface area contributed by atoms with Crippen molar-refractivity contribution in [2.24, 2.45) is 0 Å². The van der Waals surface area contributed by atoms with E-state index < -0.39 is 129 Å². The molecular weight excluding hydrogens is 1350 g/mol. The van der Waals surface area contributed by atoms with Crippen LogP contribution in [0.2, 0.25) is 0 Å². The zero-order valence-corrected chi connectivity index (χ0v) is 49.9. The monoisotopic (exact) mass is 1380 g/mol. The maximum absolute atomic E-state index is 11.7. The van der Waals surface area contributed by atoms with E-state index in [2.05, 4.69) is 33.5 Å². The molecular formula is C48H40O32S8. The molecule has 4 bridgehead atoms. The highest BCUT2D eigenvalue weighted by atomic mass is 32.3. The second-order valence-corrected chi connectivity index (χ2v) is 26.0. The lowest BCUT2D eigenvalue weighted by Crippen LogP contribution is -2.09. The number of hydrogen-bond acceptors (Lipinski definition) is 24. The van der Waals surface area contributed by atoms with Crippen LogP contribution in [0.3, 0.4) is 0 Å². The fourth-order valence-corrected chi connectivity index (χ4v) is 11.1. The summed E-state index contributed by atoms with van der Waals surface area (Å²) < 4.78 is 298. The maximum atomic E-state index is 11.7. The van der Waals surface area contributed by atoms with Gasteiger partial charge in [-0.25, -0.2) is 0 Å². The first kappa shape index (κ1) is 67.5. The average molecular weight is 1390 g/mol. The Balaban J connectivity index is 1.45. The first-order chi connectivity index (χ1) is 40.4. The van der Waals surface area contributed by atoms with E-state index in [0.717, 1.165) is 48.5 Å². The van der Waals surface area contributed by atoms with Crippen molar-refractivity contribution in [3.8, 4) is 46.0 Å². The summed E-state index contributed by atoms with van der Waals surface area (Å²) in [6, 6.07) is 17.6. The Bertz CT molecular complexity index is 4020. The summed E-state index contributed by atoms with van der Waals surface area (Å²) in [6.07, 6.45) is 11.0. The van der Waals surface area contributed by atoms with E-state index in [1.54, 1.807) is 24.3 Å². The lowest BCUT2D eigenvalue weighted by molar-refractivity contribution is 0.377. The summed E-state index contributed by atoms with van der Waals surface area (Å²) in [5, 5.41) is 0. The number of aryl methyl sites for hydroxylation is 4. The number of hydrogen-bond donors (Lipinski definition) is 8. The van der Waals surface area contributed by atoms with Crippen LogP contribution < -0.4 is 33.5 Å². The Morgan fingerprint density at radius 1 is 0.216 bits per heavy atom. The summed E-state index contributed by atoms with van der Waals surface area (Å²) >= 11 is 0. The summed E-state index contributed by atoms with van der Waals surface area (Å²) in [5.74, 6) is -5.54. The molecule has 0 aliphatic heterocycles. The minimum Gasteiger partial charge on any atom is -0.362 e. The predicted molar refractivity (Wildman–Crippen MR) is 307 cm³/mol. The van der Waals surface area contributed by atoms with Gasteiger partial charge in [0.25, 0.3) is 0 Å². The van der Waals surface area contributed by atoms with Crippen molar-refractivity contribution in [1.82, 2.24) is 0 Å². The van der Waals surface area contributed by atoms with Crippen LogP contribution in [0.4, 0.5) is 0 Å². The SMILES string of the molecule is O=S(=O)(O)Oc1cc(/C=C/c2cc3c(/C=C/c4cc(OS(=O)(=O)O)cc(OS(=O)(=O)O)c4)cc2CCc2cc(/C=C/c4cc(OS(=O)(=O)O)cc(OS(=O)(=O)O)c4)c(cc2/C=C/c2cc(OS(=O)(=O)O)cc(OS(=O)(=O)O)c2)CC3)cc(OS(=O)(=O)O)c1. The third-order valence-corrected chi connectivity index (χ3v) is 14.4. The molecule has 6 aromatic rings. The molecule has 0 saturated carbocycles. The van der Waals surface area contributed by atoms with Gasteiger partial charge in [-0.1, -0.05) is 72.9 Å². The van der Waals surface area contributed by atoms with Crippen molar-refractivity contribution in [3.05, 3.63) is 164 Å². The highest BCUT2D eigenvalue weighted by molar-refractivity contribution is 7.83. The van der Waals surface area contributed by atoms with Gasteiger partial charge >= 0.3 is 83.2 Å². The lowest BCUT2D eigenvalue weighted by atomic mass is 9.86. The third-order valence-electron chi connectivity index (χ3n) is 11.2. The van der Waals surface area contributed by atoms with Crippen molar-refractivity contribution in [1.29, 1.82) is 0 Å². The molecule has 10 rings (SSSR count). The van der Waals surface area contributed by atoms with E-state index in [1.165, 1.54) is 48.6 Å². The predicted octanol–water partition coefficient (Wildman–Crippen LogP) is 5.70. The average Bonchev–Trinajstić information content (AvgIpc) is 2.01. The molecule has 0 fully saturated rings. The molecule has 32 nitrogen and oxygen atoms in total. The van der Waals surface area contributed by atoms with E-state index >= 15 is 0 Å². The van der Waals surface area contributed by atoms with Gasteiger partial charge in [-0.05, 0) is 141 Å². The topological polar surface area (TPSA) is 509 Å². The molecule has 0 atom stereocenters. The van der Waals surface area contributed by atoms with Gasteiger partial charge in [-0.15, -0.1) is 0 Å². The molecule has 0 heterocycles. The third kappa shape index (κ3) is 22.9. The summed E-state index contributed by atoms with van der Waals surface area (Å²) in [4.78, 5) is 0. The highest BCUT2D eigenvalue weighted by Crippen LogP contribution is 2.35.